The summed E-state index contributed by atoms with van der Waals surface area (Å²) in [6.07, 6.45) is 0.0288. The number of hydrogen-bond donors (Lipinski definition) is 0. The van der Waals surface area contributed by atoms with Gasteiger partial charge in [0.25, 0.3) is 0 Å². The molecule has 1 amide bonds. The first-order chi connectivity index (χ1) is 15.1. The lowest BCUT2D eigenvalue weighted by Crippen LogP contribution is -2.34. The number of amides is 1. The molecule has 0 aliphatic heterocycles. The predicted octanol–water partition coefficient (Wildman–Crippen LogP) is 3.92. The highest BCUT2D eigenvalue weighted by atomic mass is 32.2. The Kier molecular flexibility index (Phi) is 9.19. The van der Waals surface area contributed by atoms with Gasteiger partial charge >= 0.3 is 16.1 Å². The zero-order valence-corrected chi connectivity index (χ0v) is 19.2. The van der Waals surface area contributed by atoms with Gasteiger partial charge in [-0.15, -0.1) is 0 Å². The first-order valence-electron chi connectivity index (χ1n) is 10.3. The maximum atomic E-state index is 13.1. The molecule has 0 saturated heterocycles. The first kappa shape index (κ1) is 25.3. The number of hydrogen-bond acceptors (Lipinski definition) is 6. The van der Waals surface area contributed by atoms with Crippen LogP contribution in [0.3, 0.4) is 0 Å². The molecule has 9 heteroatoms. The van der Waals surface area contributed by atoms with Crippen LogP contribution in [0.2, 0.25) is 0 Å². The van der Waals surface area contributed by atoms with E-state index in [9.17, 15) is 22.4 Å². The van der Waals surface area contributed by atoms with Gasteiger partial charge in [0.2, 0.25) is 5.91 Å². The van der Waals surface area contributed by atoms with Crippen LogP contribution >= 0.6 is 0 Å². The van der Waals surface area contributed by atoms with E-state index in [0.717, 1.165) is 24.3 Å². The minimum Gasteiger partial charge on any atom is -0.466 e. The third-order valence-corrected chi connectivity index (χ3v) is 5.63. The van der Waals surface area contributed by atoms with E-state index < -0.39 is 21.9 Å². The number of carbonyl (C=O) groups excluding carboxylic acids is 2. The molecule has 0 radical (unpaired) electrons. The van der Waals surface area contributed by atoms with Gasteiger partial charge in [-0.05, 0) is 54.8 Å². The van der Waals surface area contributed by atoms with Gasteiger partial charge < -0.3 is 13.8 Å². The molecule has 174 valence electrons. The fraction of sp³-hybridized carbons (Fsp3) is 0.391. The lowest BCUT2D eigenvalue weighted by molar-refractivity contribution is -0.145. The average Bonchev–Trinajstić information content (AvgIpc) is 2.71. The van der Waals surface area contributed by atoms with Crippen LogP contribution in [0.1, 0.15) is 39.2 Å². The number of rotatable bonds is 11. The predicted molar refractivity (Wildman–Crippen MR) is 117 cm³/mol. The highest BCUT2D eigenvalue weighted by molar-refractivity contribution is 7.87. The van der Waals surface area contributed by atoms with E-state index in [1.807, 2.05) is 13.8 Å². The van der Waals surface area contributed by atoms with E-state index in [0.29, 0.717) is 12.1 Å². The lowest BCUT2D eigenvalue weighted by Gasteiger charge is -2.25. The fourth-order valence-corrected chi connectivity index (χ4v) is 3.91. The molecular formula is C23H28FNO6S. The van der Waals surface area contributed by atoms with Crippen molar-refractivity contribution in [2.75, 3.05) is 13.2 Å². The van der Waals surface area contributed by atoms with Gasteiger partial charge in [0, 0.05) is 19.5 Å². The summed E-state index contributed by atoms with van der Waals surface area (Å²) < 4.78 is 48.0. The van der Waals surface area contributed by atoms with E-state index in [2.05, 4.69) is 0 Å². The molecule has 32 heavy (non-hydrogen) atoms. The molecule has 0 fully saturated rings. The number of esters is 1. The van der Waals surface area contributed by atoms with Crippen molar-refractivity contribution in [1.82, 2.24) is 4.90 Å². The second-order valence-electron chi connectivity index (χ2n) is 7.61. The monoisotopic (exact) mass is 465 g/mol. The average molecular weight is 466 g/mol. The maximum absolute atomic E-state index is 13.1. The highest BCUT2D eigenvalue weighted by Crippen LogP contribution is 2.21. The Balaban J connectivity index is 2.12. The summed E-state index contributed by atoms with van der Waals surface area (Å²) in [5.74, 6) is -0.900. The number of benzene rings is 2. The first-order valence-corrected chi connectivity index (χ1v) is 11.7. The Bertz CT molecular complexity index is 1020. The van der Waals surface area contributed by atoms with Crippen molar-refractivity contribution in [2.24, 2.45) is 5.92 Å². The van der Waals surface area contributed by atoms with Crippen molar-refractivity contribution in [1.29, 1.82) is 0 Å². The summed E-state index contributed by atoms with van der Waals surface area (Å²) in [6, 6.07) is 10.7. The molecule has 0 bridgehead atoms. The number of ether oxygens (including phenoxy) is 1. The Labute approximate surface area is 188 Å². The number of nitrogens with zero attached hydrogens (tertiary/aromatic N) is 1. The normalized spacial score (nSPS) is 11.3. The summed E-state index contributed by atoms with van der Waals surface area (Å²) in [7, 11) is -4.13. The van der Waals surface area contributed by atoms with Crippen LogP contribution < -0.4 is 4.18 Å². The molecule has 0 spiro atoms. The summed E-state index contributed by atoms with van der Waals surface area (Å²) in [6.45, 7) is 6.61. The van der Waals surface area contributed by atoms with Crippen molar-refractivity contribution in [3.05, 3.63) is 59.9 Å². The molecule has 0 aliphatic carbocycles. The second-order valence-corrected chi connectivity index (χ2v) is 9.16. The Morgan fingerprint density at radius 1 is 1.06 bits per heavy atom. The molecule has 2 aromatic carbocycles. The summed E-state index contributed by atoms with van der Waals surface area (Å²) in [4.78, 5) is 25.7. The summed E-state index contributed by atoms with van der Waals surface area (Å²) in [5, 5.41) is 0. The molecule has 0 saturated carbocycles. The molecule has 2 rings (SSSR count). The minimum atomic E-state index is -4.13. The molecule has 0 heterocycles. The van der Waals surface area contributed by atoms with Crippen molar-refractivity contribution in [3.63, 3.8) is 0 Å². The van der Waals surface area contributed by atoms with Crippen LogP contribution in [0.5, 0.6) is 5.75 Å². The smallest absolute Gasteiger partial charge is 0.339 e. The molecule has 0 aromatic heterocycles. The number of carbonyl (C=O) groups is 2. The number of halogens is 1. The van der Waals surface area contributed by atoms with Crippen LogP contribution in [0.4, 0.5) is 4.39 Å². The van der Waals surface area contributed by atoms with E-state index in [1.165, 1.54) is 12.1 Å². The molecule has 0 aliphatic rings. The van der Waals surface area contributed by atoms with Gasteiger partial charge in [-0.1, -0.05) is 26.0 Å². The molecular weight excluding hydrogens is 437 g/mol. The van der Waals surface area contributed by atoms with Crippen molar-refractivity contribution in [3.8, 4) is 5.75 Å². The zero-order chi connectivity index (χ0) is 23.7. The van der Waals surface area contributed by atoms with Gasteiger partial charge in [-0.2, -0.15) is 8.42 Å². The SMILES string of the molecule is CCOC(=O)CCC(=O)N(Cc1cccc(OS(=O)(=O)c2ccc(F)cc2)c1)CC(C)C. The minimum absolute atomic E-state index is 0.000330. The Hall–Kier alpha value is -2.94. The van der Waals surface area contributed by atoms with E-state index in [4.69, 9.17) is 8.92 Å². The molecule has 0 N–H and O–H groups in total. The van der Waals surface area contributed by atoms with E-state index >= 15 is 0 Å². The largest absolute Gasteiger partial charge is 0.466 e. The maximum Gasteiger partial charge on any atom is 0.339 e. The van der Waals surface area contributed by atoms with Gasteiger partial charge in [0.15, 0.2) is 0 Å². The highest BCUT2D eigenvalue weighted by Gasteiger charge is 2.19. The quantitative estimate of drug-likeness (QED) is 0.369. The van der Waals surface area contributed by atoms with E-state index in [-0.39, 0.29) is 48.5 Å². The van der Waals surface area contributed by atoms with E-state index in [1.54, 1.807) is 24.0 Å². The van der Waals surface area contributed by atoms with Crippen LogP contribution in [-0.2, 0) is 31.0 Å². The van der Waals surface area contributed by atoms with Crippen molar-refractivity contribution < 1.29 is 31.3 Å². The molecule has 7 nitrogen and oxygen atoms in total. The zero-order valence-electron chi connectivity index (χ0n) is 18.4. The van der Waals surface area contributed by atoms with Gasteiger partial charge in [-0.25, -0.2) is 4.39 Å². The Morgan fingerprint density at radius 3 is 2.38 bits per heavy atom. The summed E-state index contributed by atoms with van der Waals surface area (Å²) >= 11 is 0. The second kappa shape index (κ2) is 11.6. The lowest BCUT2D eigenvalue weighted by atomic mass is 10.1. The molecule has 2 aromatic rings. The fourth-order valence-electron chi connectivity index (χ4n) is 2.99. The van der Waals surface area contributed by atoms with Crippen LogP contribution in [0, 0.1) is 11.7 Å². The van der Waals surface area contributed by atoms with Gasteiger partial charge in [-0.3, -0.25) is 9.59 Å². The van der Waals surface area contributed by atoms with Crippen LogP contribution in [-0.4, -0.2) is 38.3 Å². The molecule has 0 atom stereocenters. The van der Waals surface area contributed by atoms with Crippen LogP contribution in [0.25, 0.3) is 0 Å². The summed E-state index contributed by atoms with van der Waals surface area (Å²) in [5.41, 5.74) is 0.668. The Morgan fingerprint density at radius 2 is 1.75 bits per heavy atom. The molecule has 0 unspecified atom stereocenters. The van der Waals surface area contributed by atoms with Crippen molar-refractivity contribution >= 4 is 22.0 Å². The van der Waals surface area contributed by atoms with Gasteiger partial charge in [0.1, 0.15) is 16.5 Å². The third-order valence-electron chi connectivity index (χ3n) is 4.37. The van der Waals surface area contributed by atoms with Crippen LogP contribution in [0.15, 0.2) is 53.4 Å². The standard InChI is InChI=1S/C23H28FNO6S/c1-4-30-23(27)13-12-22(26)25(15-17(2)3)16-18-6-5-7-20(14-18)31-32(28,29)21-10-8-19(24)9-11-21/h5-11,14,17H,4,12-13,15-16H2,1-3H3. The van der Waals surface area contributed by atoms with Crippen molar-refractivity contribution in [2.45, 2.75) is 45.1 Å². The third kappa shape index (κ3) is 7.96. The van der Waals surface area contributed by atoms with Gasteiger partial charge in [0.05, 0.1) is 13.0 Å². The topological polar surface area (TPSA) is 90.0 Å².